The van der Waals surface area contributed by atoms with Gasteiger partial charge in [0.25, 0.3) is 0 Å². The lowest BCUT2D eigenvalue weighted by molar-refractivity contribution is 0.215. The van der Waals surface area contributed by atoms with Crippen molar-refractivity contribution in [2.45, 2.75) is 13.1 Å². The van der Waals surface area contributed by atoms with Gasteiger partial charge in [-0.15, -0.1) is 0 Å². The molecular weight excluding hydrogens is 379 g/mol. The maximum atomic E-state index is 14.1. The number of halogens is 2. The predicted octanol–water partition coefficient (Wildman–Crippen LogP) is 4.94. The fourth-order valence-electron chi connectivity index (χ4n) is 3.39. The molecule has 0 spiro atoms. The highest BCUT2D eigenvalue weighted by molar-refractivity contribution is 6.30. The van der Waals surface area contributed by atoms with Gasteiger partial charge in [0.15, 0.2) is 11.5 Å². The molecule has 2 heterocycles. The summed E-state index contributed by atoms with van der Waals surface area (Å²) < 4.78 is 25.6. The predicted molar refractivity (Wildman–Crippen MR) is 107 cm³/mol. The first-order chi connectivity index (χ1) is 13.6. The quantitative estimate of drug-likeness (QED) is 0.623. The lowest BCUT2D eigenvalue weighted by Gasteiger charge is -2.20. The van der Waals surface area contributed by atoms with E-state index in [0.717, 1.165) is 22.6 Å². The van der Waals surface area contributed by atoms with E-state index in [0.29, 0.717) is 42.6 Å². The molecule has 0 radical (unpaired) electrons. The van der Waals surface area contributed by atoms with Crippen molar-refractivity contribution in [1.29, 1.82) is 0 Å². The van der Waals surface area contributed by atoms with Gasteiger partial charge < -0.3 is 9.47 Å². The zero-order chi connectivity index (χ0) is 19.5. The average molecular weight is 399 g/mol. The maximum Gasteiger partial charge on any atom is 0.165 e. The summed E-state index contributed by atoms with van der Waals surface area (Å²) in [5.41, 5.74) is 3.38. The molecule has 0 aliphatic carbocycles. The molecule has 1 aliphatic rings. The molecule has 4 nitrogen and oxygen atoms in total. The first-order valence-corrected chi connectivity index (χ1v) is 9.43. The second kappa shape index (κ2) is 8.17. The van der Waals surface area contributed by atoms with Crippen molar-refractivity contribution in [2.24, 2.45) is 0 Å². The molecule has 3 aromatic rings. The molecule has 0 bridgehead atoms. The van der Waals surface area contributed by atoms with Crippen molar-refractivity contribution in [2.75, 3.05) is 20.3 Å². The second-order valence-corrected chi connectivity index (χ2v) is 7.12. The van der Waals surface area contributed by atoms with E-state index in [4.69, 9.17) is 21.1 Å². The van der Waals surface area contributed by atoms with Crippen LogP contribution in [0.25, 0.3) is 11.3 Å². The number of fused-ring (bicyclic) bond motifs is 1. The smallest absolute Gasteiger partial charge is 0.165 e. The van der Waals surface area contributed by atoms with Crippen molar-refractivity contribution in [3.05, 3.63) is 76.7 Å². The number of benzene rings is 2. The number of ether oxygens (including phenoxy) is 2. The second-order valence-electron chi connectivity index (χ2n) is 6.68. The van der Waals surface area contributed by atoms with Crippen LogP contribution in [0.15, 0.2) is 54.7 Å². The van der Waals surface area contributed by atoms with Gasteiger partial charge >= 0.3 is 0 Å². The van der Waals surface area contributed by atoms with Crippen LogP contribution in [0, 0.1) is 5.82 Å². The Labute approximate surface area is 168 Å². The molecule has 0 fully saturated rings. The summed E-state index contributed by atoms with van der Waals surface area (Å²) in [6.45, 7) is 2.35. The van der Waals surface area contributed by atoms with Crippen molar-refractivity contribution in [1.82, 2.24) is 9.88 Å². The Hall–Kier alpha value is -2.63. The van der Waals surface area contributed by atoms with Gasteiger partial charge in [-0.2, -0.15) is 0 Å². The van der Waals surface area contributed by atoms with Gasteiger partial charge in [0.1, 0.15) is 12.4 Å². The number of nitrogens with zero attached hydrogens (tertiary/aromatic N) is 2. The highest BCUT2D eigenvalue weighted by Gasteiger charge is 2.21. The van der Waals surface area contributed by atoms with Gasteiger partial charge in [0.2, 0.25) is 0 Å². The van der Waals surface area contributed by atoms with E-state index in [-0.39, 0.29) is 5.82 Å². The number of hydrogen-bond donors (Lipinski definition) is 0. The molecule has 1 aliphatic heterocycles. The topological polar surface area (TPSA) is 34.6 Å². The Kier molecular flexibility index (Phi) is 5.46. The van der Waals surface area contributed by atoms with Crippen LogP contribution in [0.3, 0.4) is 0 Å². The Bertz CT molecular complexity index is 979. The Morgan fingerprint density at radius 3 is 2.82 bits per heavy atom. The summed E-state index contributed by atoms with van der Waals surface area (Å²) in [5.74, 6) is 1.21. The fourth-order valence-corrected chi connectivity index (χ4v) is 3.50. The SMILES string of the molecule is COc1cc(-c2ccc(Cl)cn2)cc2c1OCCN(Cc1ccccc1F)C2. The lowest BCUT2D eigenvalue weighted by atomic mass is 10.0. The molecule has 0 amide bonds. The van der Waals surface area contributed by atoms with E-state index in [1.54, 1.807) is 19.4 Å². The number of methoxy groups -OCH3 is 1. The summed E-state index contributed by atoms with van der Waals surface area (Å²) in [5, 5.41) is 0.588. The molecule has 0 saturated heterocycles. The largest absolute Gasteiger partial charge is 0.493 e. The zero-order valence-electron chi connectivity index (χ0n) is 15.5. The lowest BCUT2D eigenvalue weighted by Crippen LogP contribution is -2.25. The van der Waals surface area contributed by atoms with Crippen LogP contribution in [-0.4, -0.2) is 30.1 Å². The molecule has 0 saturated carbocycles. The molecule has 0 atom stereocenters. The summed E-state index contributed by atoms with van der Waals surface area (Å²) in [6.07, 6.45) is 1.62. The zero-order valence-corrected chi connectivity index (χ0v) is 16.2. The minimum absolute atomic E-state index is 0.190. The van der Waals surface area contributed by atoms with Crippen molar-refractivity contribution < 1.29 is 13.9 Å². The van der Waals surface area contributed by atoms with Gasteiger partial charge in [0.05, 0.1) is 17.8 Å². The van der Waals surface area contributed by atoms with E-state index in [1.165, 1.54) is 6.07 Å². The summed E-state index contributed by atoms with van der Waals surface area (Å²) in [4.78, 5) is 6.57. The van der Waals surface area contributed by atoms with Crippen LogP contribution in [0.2, 0.25) is 5.02 Å². The monoisotopic (exact) mass is 398 g/mol. The third kappa shape index (κ3) is 3.96. The minimum atomic E-state index is -0.190. The fraction of sp³-hybridized carbons (Fsp3) is 0.227. The van der Waals surface area contributed by atoms with Crippen molar-refractivity contribution in [3.8, 4) is 22.8 Å². The Balaban J connectivity index is 1.67. The van der Waals surface area contributed by atoms with Gasteiger partial charge in [-0.25, -0.2) is 4.39 Å². The molecule has 1 aromatic heterocycles. The van der Waals surface area contributed by atoms with Crippen molar-refractivity contribution in [3.63, 3.8) is 0 Å². The van der Waals surface area contributed by atoms with E-state index in [2.05, 4.69) is 9.88 Å². The first kappa shape index (κ1) is 18.7. The summed E-state index contributed by atoms with van der Waals surface area (Å²) in [6, 6.07) is 14.5. The number of aromatic nitrogens is 1. The van der Waals surface area contributed by atoms with E-state index in [1.807, 2.05) is 36.4 Å². The molecule has 0 unspecified atom stereocenters. The van der Waals surface area contributed by atoms with Crippen LogP contribution in [-0.2, 0) is 13.1 Å². The van der Waals surface area contributed by atoms with Crippen LogP contribution >= 0.6 is 11.6 Å². The number of rotatable bonds is 4. The maximum absolute atomic E-state index is 14.1. The summed E-state index contributed by atoms with van der Waals surface area (Å²) >= 11 is 5.96. The molecule has 4 rings (SSSR count). The first-order valence-electron chi connectivity index (χ1n) is 9.05. The average Bonchev–Trinajstić information content (AvgIpc) is 2.91. The molecular formula is C22H20ClFN2O2. The third-order valence-corrected chi connectivity index (χ3v) is 5.00. The van der Waals surface area contributed by atoms with Crippen LogP contribution < -0.4 is 9.47 Å². The Morgan fingerprint density at radius 1 is 1.21 bits per heavy atom. The third-order valence-electron chi connectivity index (χ3n) is 4.77. The molecule has 28 heavy (non-hydrogen) atoms. The van der Waals surface area contributed by atoms with E-state index < -0.39 is 0 Å². The highest BCUT2D eigenvalue weighted by Crippen LogP contribution is 2.38. The molecule has 2 aromatic carbocycles. The van der Waals surface area contributed by atoms with Gasteiger partial charge in [-0.3, -0.25) is 9.88 Å². The van der Waals surface area contributed by atoms with E-state index in [9.17, 15) is 4.39 Å². The number of pyridine rings is 1. The van der Waals surface area contributed by atoms with Gasteiger partial charge in [-0.05, 0) is 30.3 Å². The van der Waals surface area contributed by atoms with Crippen molar-refractivity contribution >= 4 is 11.6 Å². The molecule has 144 valence electrons. The normalized spacial score (nSPS) is 14.1. The summed E-state index contributed by atoms with van der Waals surface area (Å²) in [7, 11) is 1.63. The highest BCUT2D eigenvalue weighted by atomic mass is 35.5. The standard InChI is InChI=1S/C22H20ClFN2O2/c1-27-21-11-16(20-7-6-18(23)12-25-20)10-17-14-26(8-9-28-22(17)21)13-15-4-2-3-5-19(15)24/h2-7,10-12H,8-9,13-14H2,1H3. The minimum Gasteiger partial charge on any atom is -0.493 e. The van der Waals surface area contributed by atoms with Crippen LogP contribution in [0.4, 0.5) is 4.39 Å². The van der Waals surface area contributed by atoms with Gasteiger partial charge in [-0.1, -0.05) is 29.8 Å². The Morgan fingerprint density at radius 2 is 2.07 bits per heavy atom. The molecule has 6 heteroatoms. The van der Waals surface area contributed by atoms with Crippen LogP contribution in [0.5, 0.6) is 11.5 Å². The molecule has 0 N–H and O–H groups in total. The number of hydrogen-bond acceptors (Lipinski definition) is 4. The van der Waals surface area contributed by atoms with Crippen LogP contribution in [0.1, 0.15) is 11.1 Å². The van der Waals surface area contributed by atoms with E-state index >= 15 is 0 Å². The van der Waals surface area contributed by atoms with Gasteiger partial charge in [0, 0.05) is 42.5 Å².